The molecule has 0 amide bonds. The summed E-state index contributed by atoms with van der Waals surface area (Å²) in [7, 11) is 3.37. The van der Waals surface area contributed by atoms with Crippen molar-refractivity contribution in [3.8, 4) is 11.5 Å². The Balaban J connectivity index is 1.99. The van der Waals surface area contributed by atoms with Gasteiger partial charge in [0.15, 0.2) is 0 Å². The highest BCUT2D eigenvalue weighted by atomic mass is 79.9. The van der Waals surface area contributed by atoms with Gasteiger partial charge in [-0.25, -0.2) is 0 Å². The molecule has 1 N–H and O–H groups in total. The smallest absolute Gasteiger partial charge is 0.123 e. The molecule has 2 aromatic rings. The molecular formula is C16H18BrNO2. The van der Waals surface area contributed by atoms with Crippen molar-refractivity contribution in [1.29, 1.82) is 0 Å². The summed E-state index contributed by atoms with van der Waals surface area (Å²) < 4.78 is 11.7. The minimum Gasteiger partial charge on any atom is -0.497 e. The van der Waals surface area contributed by atoms with Gasteiger partial charge in [-0.15, -0.1) is 0 Å². The van der Waals surface area contributed by atoms with Crippen molar-refractivity contribution < 1.29 is 9.47 Å². The second-order valence-corrected chi connectivity index (χ2v) is 5.23. The number of para-hydroxylation sites is 1. The van der Waals surface area contributed by atoms with E-state index in [1.165, 1.54) is 5.56 Å². The highest BCUT2D eigenvalue weighted by Gasteiger charge is 2.04. The van der Waals surface area contributed by atoms with E-state index in [4.69, 9.17) is 9.47 Å². The summed E-state index contributed by atoms with van der Waals surface area (Å²) in [4.78, 5) is 0. The predicted molar refractivity (Wildman–Crippen MR) is 84.2 cm³/mol. The average molecular weight is 336 g/mol. The lowest BCUT2D eigenvalue weighted by atomic mass is 10.2. The van der Waals surface area contributed by atoms with Crippen molar-refractivity contribution in [2.75, 3.05) is 14.2 Å². The van der Waals surface area contributed by atoms with E-state index in [2.05, 4.69) is 27.3 Å². The molecule has 106 valence electrons. The fourth-order valence-electron chi connectivity index (χ4n) is 1.99. The zero-order valence-corrected chi connectivity index (χ0v) is 13.2. The Morgan fingerprint density at radius 1 is 0.950 bits per heavy atom. The maximum Gasteiger partial charge on any atom is 0.123 e. The Morgan fingerprint density at radius 2 is 1.70 bits per heavy atom. The van der Waals surface area contributed by atoms with Crippen LogP contribution >= 0.6 is 15.9 Å². The molecule has 0 fully saturated rings. The van der Waals surface area contributed by atoms with Crippen LogP contribution in [0.15, 0.2) is 46.9 Å². The largest absolute Gasteiger partial charge is 0.497 e. The third kappa shape index (κ3) is 3.74. The minimum atomic E-state index is 0.758. The molecule has 0 unspecified atom stereocenters. The van der Waals surface area contributed by atoms with E-state index in [-0.39, 0.29) is 0 Å². The molecule has 0 aliphatic carbocycles. The van der Waals surface area contributed by atoms with E-state index in [1.807, 2.05) is 36.4 Å². The molecule has 20 heavy (non-hydrogen) atoms. The Labute approximate surface area is 128 Å². The van der Waals surface area contributed by atoms with Crippen molar-refractivity contribution in [2.24, 2.45) is 0 Å². The van der Waals surface area contributed by atoms with E-state index >= 15 is 0 Å². The van der Waals surface area contributed by atoms with Crippen LogP contribution in [-0.4, -0.2) is 14.2 Å². The van der Waals surface area contributed by atoms with Gasteiger partial charge in [0, 0.05) is 23.1 Å². The van der Waals surface area contributed by atoms with Gasteiger partial charge in [-0.05, 0) is 29.8 Å². The van der Waals surface area contributed by atoms with Crippen LogP contribution in [0.4, 0.5) is 0 Å². The molecule has 0 bridgehead atoms. The zero-order chi connectivity index (χ0) is 14.4. The standard InChI is InChI=1S/C16H18BrNO2/c1-19-14-7-8-15(17)13(9-14)11-18-10-12-5-3-4-6-16(12)20-2/h3-9,18H,10-11H2,1-2H3. The summed E-state index contributed by atoms with van der Waals surface area (Å²) in [5.74, 6) is 1.77. The summed E-state index contributed by atoms with van der Waals surface area (Å²) in [5, 5.41) is 3.42. The maximum atomic E-state index is 5.34. The number of nitrogens with one attached hydrogen (secondary N) is 1. The van der Waals surface area contributed by atoms with Crippen molar-refractivity contribution >= 4 is 15.9 Å². The van der Waals surface area contributed by atoms with Crippen LogP contribution in [0.2, 0.25) is 0 Å². The molecule has 0 heterocycles. The van der Waals surface area contributed by atoms with Crippen molar-refractivity contribution in [2.45, 2.75) is 13.1 Å². The molecule has 0 atom stereocenters. The van der Waals surface area contributed by atoms with Crippen LogP contribution in [0, 0.1) is 0 Å². The second-order valence-electron chi connectivity index (χ2n) is 4.37. The molecule has 2 aromatic carbocycles. The van der Waals surface area contributed by atoms with Gasteiger partial charge in [0.25, 0.3) is 0 Å². The lowest BCUT2D eigenvalue weighted by molar-refractivity contribution is 0.407. The Bertz CT molecular complexity index is 572. The van der Waals surface area contributed by atoms with E-state index in [1.54, 1.807) is 14.2 Å². The highest BCUT2D eigenvalue weighted by Crippen LogP contribution is 2.23. The quantitative estimate of drug-likeness (QED) is 0.871. The van der Waals surface area contributed by atoms with Gasteiger partial charge >= 0.3 is 0 Å². The topological polar surface area (TPSA) is 30.5 Å². The fourth-order valence-corrected chi connectivity index (χ4v) is 2.38. The first kappa shape index (κ1) is 14.9. The minimum absolute atomic E-state index is 0.758. The molecule has 0 aliphatic heterocycles. The first-order valence-electron chi connectivity index (χ1n) is 6.39. The zero-order valence-electron chi connectivity index (χ0n) is 11.7. The normalized spacial score (nSPS) is 10.3. The average Bonchev–Trinajstić information content (AvgIpc) is 2.49. The maximum absolute atomic E-state index is 5.34. The van der Waals surface area contributed by atoms with E-state index in [0.29, 0.717) is 0 Å². The van der Waals surface area contributed by atoms with E-state index in [9.17, 15) is 0 Å². The molecule has 0 spiro atoms. The first-order valence-corrected chi connectivity index (χ1v) is 7.19. The third-order valence-corrected chi connectivity index (χ3v) is 3.85. The fraction of sp³-hybridized carbons (Fsp3) is 0.250. The van der Waals surface area contributed by atoms with Crippen molar-refractivity contribution in [1.82, 2.24) is 5.32 Å². The number of rotatable bonds is 6. The van der Waals surface area contributed by atoms with E-state index in [0.717, 1.165) is 34.6 Å². The molecule has 0 aliphatic rings. The Hall–Kier alpha value is -1.52. The van der Waals surface area contributed by atoms with Crippen LogP contribution in [0.1, 0.15) is 11.1 Å². The van der Waals surface area contributed by atoms with Crippen molar-refractivity contribution in [3.63, 3.8) is 0 Å². The number of methoxy groups -OCH3 is 2. The molecule has 4 heteroatoms. The number of hydrogen-bond acceptors (Lipinski definition) is 3. The molecule has 0 radical (unpaired) electrons. The number of halogens is 1. The summed E-state index contributed by atoms with van der Waals surface area (Å²) in [5.41, 5.74) is 2.31. The molecule has 2 rings (SSSR count). The molecule has 0 saturated heterocycles. The van der Waals surface area contributed by atoms with Crippen LogP contribution in [-0.2, 0) is 13.1 Å². The molecule has 0 aromatic heterocycles. The monoisotopic (exact) mass is 335 g/mol. The summed E-state index contributed by atoms with van der Waals surface area (Å²) in [6.07, 6.45) is 0. The number of hydrogen-bond donors (Lipinski definition) is 1. The number of ether oxygens (including phenoxy) is 2. The summed E-state index contributed by atoms with van der Waals surface area (Å²) in [6, 6.07) is 14.0. The first-order chi connectivity index (χ1) is 9.74. The van der Waals surface area contributed by atoms with Gasteiger partial charge in [0.05, 0.1) is 14.2 Å². The van der Waals surface area contributed by atoms with Gasteiger partial charge in [0.1, 0.15) is 11.5 Å². The van der Waals surface area contributed by atoms with Crippen molar-refractivity contribution in [3.05, 3.63) is 58.1 Å². The Morgan fingerprint density at radius 3 is 2.45 bits per heavy atom. The summed E-state index contributed by atoms with van der Waals surface area (Å²) >= 11 is 3.55. The predicted octanol–water partition coefficient (Wildman–Crippen LogP) is 3.76. The molecule has 3 nitrogen and oxygen atoms in total. The van der Waals surface area contributed by atoms with Crippen LogP contribution in [0.25, 0.3) is 0 Å². The van der Waals surface area contributed by atoms with E-state index < -0.39 is 0 Å². The van der Waals surface area contributed by atoms with Gasteiger partial charge in [-0.1, -0.05) is 34.1 Å². The SMILES string of the molecule is COc1ccc(Br)c(CNCc2ccccc2OC)c1. The van der Waals surface area contributed by atoms with Gasteiger partial charge in [0.2, 0.25) is 0 Å². The Kier molecular flexibility index (Phi) is 5.44. The van der Waals surface area contributed by atoms with Crippen LogP contribution in [0.5, 0.6) is 11.5 Å². The lowest BCUT2D eigenvalue weighted by Gasteiger charge is -2.11. The van der Waals surface area contributed by atoms with Crippen LogP contribution < -0.4 is 14.8 Å². The second kappa shape index (κ2) is 7.31. The summed E-state index contributed by atoms with van der Waals surface area (Å²) in [6.45, 7) is 1.52. The third-order valence-electron chi connectivity index (χ3n) is 3.08. The van der Waals surface area contributed by atoms with Gasteiger partial charge < -0.3 is 14.8 Å². The van der Waals surface area contributed by atoms with Crippen LogP contribution in [0.3, 0.4) is 0 Å². The lowest BCUT2D eigenvalue weighted by Crippen LogP contribution is -2.13. The van der Waals surface area contributed by atoms with Gasteiger partial charge in [-0.2, -0.15) is 0 Å². The molecular weight excluding hydrogens is 318 g/mol. The number of benzene rings is 2. The van der Waals surface area contributed by atoms with Gasteiger partial charge in [-0.3, -0.25) is 0 Å². The highest BCUT2D eigenvalue weighted by molar-refractivity contribution is 9.10. The molecule has 0 saturated carbocycles.